The van der Waals surface area contributed by atoms with Crippen LogP contribution in [0.2, 0.25) is 0 Å². The standard InChI is InChI=1S/C24H32FN5/c1-15(2)29-17(4)20(16(3)28-29)13-26-22-11-24(5,6)12-23-21(22)14-27-30(23)19-9-7-18(25)8-10-19/h7-10,14-15,22,26H,11-13H2,1-6H3. The molecule has 0 spiro atoms. The Morgan fingerprint density at radius 1 is 1.20 bits per heavy atom. The summed E-state index contributed by atoms with van der Waals surface area (Å²) in [6, 6.07) is 7.14. The van der Waals surface area contributed by atoms with E-state index in [1.807, 2.05) is 10.9 Å². The van der Waals surface area contributed by atoms with Gasteiger partial charge in [-0.1, -0.05) is 13.8 Å². The Hall–Kier alpha value is -2.47. The Labute approximate surface area is 178 Å². The second-order valence-electron chi connectivity index (χ2n) is 9.60. The van der Waals surface area contributed by atoms with Crippen LogP contribution in [-0.4, -0.2) is 19.6 Å². The summed E-state index contributed by atoms with van der Waals surface area (Å²) in [5, 5.41) is 13.2. The number of hydrogen-bond acceptors (Lipinski definition) is 3. The molecule has 5 nitrogen and oxygen atoms in total. The van der Waals surface area contributed by atoms with Crippen LogP contribution in [0.3, 0.4) is 0 Å². The lowest BCUT2D eigenvalue weighted by Crippen LogP contribution is -2.33. The zero-order valence-electron chi connectivity index (χ0n) is 18.8. The van der Waals surface area contributed by atoms with Crippen LogP contribution < -0.4 is 5.32 Å². The van der Waals surface area contributed by atoms with Crippen LogP contribution in [0.1, 0.15) is 74.4 Å². The minimum atomic E-state index is -0.229. The van der Waals surface area contributed by atoms with E-state index in [0.717, 1.165) is 30.8 Å². The molecule has 2 heterocycles. The normalized spacial score (nSPS) is 18.1. The molecular weight excluding hydrogens is 377 g/mol. The van der Waals surface area contributed by atoms with Crippen LogP contribution in [-0.2, 0) is 13.0 Å². The minimum Gasteiger partial charge on any atom is -0.306 e. The molecule has 0 fully saturated rings. The third-order valence-corrected chi connectivity index (χ3v) is 6.24. The minimum absolute atomic E-state index is 0.148. The van der Waals surface area contributed by atoms with Crippen LogP contribution in [0, 0.1) is 25.1 Å². The molecule has 0 amide bonds. The fourth-order valence-corrected chi connectivity index (χ4v) is 4.71. The molecule has 4 rings (SSSR count). The lowest BCUT2D eigenvalue weighted by molar-refractivity contribution is 0.252. The van der Waals surface area contributed by atoms with Crippen molar-refractivity contribution in [2.24, 2.45) is 5.41 Å². The first kappa shape index (κ1) is 20.8. The summed E-state index contributed by atoms with van der Waals surface area (Å²) in [5.74, 6) is -0.229. The van der Waals surface area contributed by atoms with Gasteiger partial charge in [-0.3, -0.25) is 4.68 Å². The number of fused-ring (bicyclic) bond motifs is 1. The maximum absolute atomic E-state index is 13.4. The Morgan fingerprint density at radius 2 is 1.90 bits per heavy atom. The lowest BCUT2D eigenvalue weighted by Gasteiger charge is -2.36. The highest BCUT2D eigenvalue weighted by atomic mass is 19.1. The fourth-order valence-electron chi connectivity index (χ4n) is 4.71. The van der Waals surface area contributed by atoms with Crippen molar-refractivity contribution < 1.29 is 4.39 Å². The largest absolute Gasteiger partial charge is 0.306 e. The molecule has 1 aromatic carbocycles. The molecule has 1 aliphatic rings. The van der Waals surface area contributed by atoms with Gasteiger partial charge in [0, 0.05) is 41.1 Å². The smallest absolute Gasteiger partial charge is 0.123 e. The van der Waals surface area contributed by atoms with Gasteiger partial charge in [0.1, 0.15) is 5.82 Å². The number of rotatable bonds is 5. The van der Waals surface area contributed by atoms with Gasteiger partial charge in [0.05, 0.1) is 17.6 Å². The molecule has 0 radical (unpaired) electrons. The molecule has 6 heteroatoms. The number of aryl methyl sites for hydroxylation is 1. The number of halogens is 1. The van der Waals surface area contributed by atoms with E-state index in [4.69, 9.17) is 5.10 Å². The SMILES string of the molecule is Cc1nn(C(C)C)c(C)c1CNC1CC(C)(C)Cc2c1cnn2-c1ccc(F)cc1. The van der Waals surface area contributed by atoms with Gasteiger partial charge in [-0.25, -0.2) is 9.07 Å². The van der Waals surface area contributed by atoms with Crippen LogP contribution in [0.25, 0.3) is 5.69 Å². The summed E-state index contributed by atoms with van der Waals surface area (Å²) >= 11 is 0. The molecule has 0 saturated heterocycles. The molecule has 2 aromatic heterocycles. The van der Waals surface area contributed by atoms with Crippen molar-refractivity contribution in [2.75, 3.05) is 0 Å². The zero-order chi connectivity index (χ0) is 21.6. The first-order chi connectivity index (χ1) is 14.2. The van der Waals surface area contributed by atoms with E-state index in [9.17, 15) is 4.39 Å². The number of benzene rings is 1. The molecule has 1 atom stereocenters. The summed E-state index contributed by atoms with van der Waals surface area (Å²) in [6.45, 7) is 14.0. The highest BCUT2D eigenvalue weighted by Gasteiger charge is 2.35. The van der Waals surface area contributed by atoms with Gasteiger partial charge in [-0.05, 0) is 70.2 Å². The molecule has 1 unspecified atom stereocenters. The van der Waals surface area contributed by atoms with Gasteiger partial charge in [-0.15, -0.1) is 0 Å². The van der Waals surface area contributed by atoms with Crippen molar-refractivity contribution in [3.05, 3.63) is 64.5 Å². The molecule has 0 saturated carbocycles. The second-order valence-corrected chi connectivity index (χ2v) is 9.60. The predicted molar refractivity (Wildman–Crippen MR) is 117 cm³/mol. The predicted octanol–water partition coefficient (Wildman–Crippen LogP) is 5.21. The van der Waals surface area contributed by atoms with Crippen molar-refractivity contribution in [2.45, 2.75) is 73.0 Å². The van der Waals surface area contributed by atoms with Gasteiger partial charge in [0.15, 0.2) is 0 Å². The first-order valence-electron chi connectivity index (χ1n) is 10.8. The maximum atomic E-state index is 13.4. The monoisotopic (exact) mass is 409 g/mol. The Bertz CT molecular complexity index is 1040. The summed E-state index contributed by atoms with van der Waals surface area (Å²) in [7, 11) is 0. The zero-order valence-corrected chi connectivity index (χ0v) is 18.8. The van der Waals surface area contributed by atoms with Crippen molar-refractivity contribution in [3.63, 3.8) is 0 Å². The summed E-state index contributed by atoms with van der Waals surface area (Å²) in [4.78, 5) is 0. The van der Waals surface area contributed by atoms with Gasteiger partial charge >= 0.3 is 0 Å². The van der Waals surface area contributed by atoms with E-state index < -0.39 is 0 Å². The average molecular weight is 410 g/mol. The first-order valence-corrected chi connectivity index (χ1v) is 10.8. The van der Waals surface area contributed by atoms with Crippen LogP contribution in [0.15, 0.2) is 30.5 Å². The van der Waals surface area contributed by atoms with E-state index >= 15 is 0 Å². The lowest BCUT2D eigenvalue weighted by atomic mass is 9.74. The molecule has 1 aliphatic carbocycles. The molecule has 3 aromatic rings. The number of aromatic nitrogens is 4. The maximum Gasteiger partial charge on any atom is 0.123 e. The quantitative estimate of drug-likeness (QED) is 0.629. The molecule has 0 bridgehead atoms. The van der Waals surface area contributed by atoms with E-state index in [-0.39, 0.29) is 17.3 Å². The molecular formula is C24H32FN5. The molecule has 30 heavy (non-hydrogen) atoms. The summed E-state index contributed by atoms with van der Waals surface area (Å²) in [6.07, 6.45) is 3.97. The van der Waals surface area contributed by atoms with Crippen molar-refractivity contribution >= 4 is 0 Å². The Kier molecular flexibility index (Phi) is 5.30. The van der Waals surface area contributed by atoms with Gasteiger partial charge in [0.2, 0.25) is 0 Å². The summed E-state index contributed by atoms with van der Waals surface area (Å²) < 4.78 is 17.5. The van der Waals surface area contributed by atoms with Crippen molar-refractivity contribution in [3.8, 4) is 5.69 Å². The van der Waals surface area contributed by atoms with E-state index in [1.54, 1.807) is 12.1 Å². The third-order valence-electron chi connectivity index (χ3n) is 6.24. The second kappa shape index (κ2) is 7.65. The van der Waals surface area contributed by atoms with E-state index in [1.165, 1.54) is 34.6 Å². The van der Waals surface area contributed by atoms with Crippen LogP contribution in [0.5, 0.6) is 0 Å². The highest BCUT2D eigenvalue weighted by Crippen LogP contribution is 2.41. The fraction of sp³-hybridized carbons (Fsp3) is 0.500. The Morgan fingerprint density at radius 3 is 2.53 bits per heavy atom. The molecule has 0 aliphatic heterocycles. The van der Waals surface area contributed by atoms with Crippen molar-refractivity contribution in [1.82, 2.24) is 24.9 Å². The molecule has 1 N–H and O–H groups in total. The van der Waals surface area contributed by atoms with Gasteiger partial charge in [0.25, 0.3) is 0 Å². The third kappa shape index (κ3) is 3.81. The number of hydrogen-bond donors (Lipinski definition) is 1. The number of nitrogens with zero attached hydrogens (tertiary/aromatic N) is 4. The topological polar surface area (TPSA) is 47.7 Å². The van der Waals surface area contributed by atoms with Gasteiger partial charge in [-0.2, -0.15) is 10.2 Å². The van der Waals surface area contributed by atoms with Crippen molar-refractivity contribution in [1.29, 1.82) is 0 Å². The average Bonchev–Trinajstić information content (AvgIpc) is 3.20. The van der Waals surface area contributed by atoms with Crippen LogP contribution in [0.4, 0.5) is 4.39 Å². The number of nitrogens with one attached hydrogen (secondary N) is 1. The Balaban J connectivity index is 1.63. The van der Waals surface area contributed by atoms with E-state index in [2.05, 4.69) is 56.6 Å². The van der Waals surface area contributed by atoms with Crippen LogP contribution >= 0.6 is 0 Å². The summed E-state index contributed by atoms with van der Waals surface area (Å²) in [5.41, 5.74) is 7.10. The van der Waals surface area contributed by atoms with E-state index in [0.29, 0.717) is 6.04 Å². The highest BCUT2D eigenvalue weighted by molar-refractivity contribution is 5.38. The molecule has 160 valence electrons. The van der Waals surface area contributed by atoms with Gasteiger partial charge < -0.3 is 5.32 Å².